The lowest BCUT2D eigenvalue weighted by Gasteiger charge is -2.23. The summed E-state index contributed by atoms with van der Waals surface area (Å²) in [6.07, 6.45) is -0.139. The molecule has 0 saturated carbocycles. The van der Waals surface area contributed by atoms with E-state index >= 15 is 0 Å². The first-order valence-corrected chi connectivity index (χ1v) is 3.83. The van der Waals surface area contributed by atoms with Crippen LogP contribution in [0.4, 0.5) is 0 Å². The van der Waals surface area contributed by atoms with Crippen molar-refractivity contribution in [3.05, 3.63) is 0 Å². The highest BCUT2D eigenvalue weighted by Gasteiger charge is 2.20. The number of rotatable bonds is 7. The Labute approximate surface area is 73.7 Å². The molecule has 4 heteroatoms. The molecule has 0 saturated heterocycles. The highest BCUT2D eigenvalue weighted by Crippen LogP contribution is 2.03. The summed E-state index contributed by atoms with van der Waals surface area (Å²) >= 11 is 0. The summed E-state index contributed by atoms with van der Waals surface area (Å²) in [4.78, 5) is 0. The molecule has 0 aromatic carbocycles. The molecule has 0 aliphatic carbocycles. The van der Waals surface area contributed by atoms with Crippen LogP contribution < -0.4 is 0 Å². The second-order valence-corrected chi connectivity index (χ2v) is 2.46. The SMILES string of the molecule is COC[C@@H](OC)[C@@H](COC)OC. The van der Waals surface area contributed by atoms with Gasteiger partial charge in [-0.15, -0.1) is 0 Å². The number of ether oxygens (including phenoxy) is 4. The van der Waals surface area contributed by atoms with Crippen molar-refractivity contribution in [3.8, 4) is 0 Å². The van der Waals surface area contributed by atoms with E-state index in [1.54, 1.807) is 28.4 Å². The third-order valence-electron chi connectivity index (χ3n) is 1.68. The van der Waals surface area contributed by atoms with E-state index in [-0.39, 0.29) is 12.2 Å². The van der Waals surface area contributed by atoms with Crippen LogP contribution in [0.5, 0.6) is 0 Å². The van der Waals surface area contributed by atoms with Crippen molar-refractivity contribution >= 4 is 0 Å². The fourth-order valence-electron chi connectivity index (χ4n) is 0.983. The van der Waals surface area contributed by atoms with Gasteiger partial charge in [0.25, 0.3) is 0 Å². The maximum Gasteiger partial charge on any atom is 0.109 e. The first kappa shape index (κ1) is 11.8. The average Bonchev–Trinajstić information content (AvgIpc) is 2.11. The maximum absolute atomic E-state index is 5.17. The zero-order valence-corrected chi connectivity index (χ0v) is 8.20. The van der Waals surface area contributed by atoms with Crippen LogP contribution in [0.25, 0.3) is 0 Å². The molecule has 0 bridgehead atoms. The Bertz CT molecular complexity index is 85.1. The van der Waals surface area contributed by atoms with Gasteiger partial charge in [0.15, 0.2) is 0 Å². The molecule has 74 valence electrons. The quantitative estimate of drug-likeness (QED) is 0.562. The summed E-state index contributed by atoms with van der Waals surface area (Å²) < 4.78 is 20.3. The predicted molar refractivity (Wildman–Crippen MR) is 45.3 cm³/mol. The van der Waals surface area contributed by atoms with Crippen LogP contribution in [-0.4, -0.2) is 53.9 Å². The fraction of sp³-hybridized carbons (Fsp3) is 1.00. The van der Waals surface area contributed by atoms with Crippen molar-refractivity contribution in [1.29, 1.82) is 0 Å². The van der Waals surface area contributed by atoms with Gasteiger partial charge in [0, 0.05) is 28.4 Å². The van der Waals surface area contributed by atoms with E-state index in [4.69, 9.17) is 18.9 Å². The van der Waals surface area contributed by atoms with Gasteiger partial charge in [-0.25, -0.2) is 0 Å². The molecule has 0 aliphatic heterocycles. The molecule has 0 aromatic heterocycles. The lowest BCUT2D eigenvalue weighted by Crippen LogP contribution is -2.37. The van der Waals surface area contributed by atoms with Crippen LogP contribution in [0.1, 0.15) is 0 Å². The van der Waals surface area contributed by atoms with Gasteiger partial charge in [0.05, 0.1) is 13.2 Å². The second-order valence-electron chi connectivity index (χ2n) is 2.46. The standard InChI is InChI=1S/C8H18O4/c1-9-5-7(11-3)8(12-4)6-10-2/h7-8H,5-6H2,1-4H3/t7-,8-/m1/s1. The molecule has 0 spiro atoms. The van der Waals surface area contributed by atoms with Gasteiger partial charge in [-0.2, -0.15) is 0 Å². The van der Waals surface area contributed by atoms with Crippen LogP contribution in [0.15, 0.2) is 0 Å². The molecule has 0 aromatic rings. The molecule has 0 radical (unpaired) electrons. The molecule has 4 nitrogen and oxygen atoms in total. The Hall–Kier alpha value is -0.160. The summed E-state index contributed by atoms with van der Waals surface area (Å²) in [7, 11) is 6.52. The highest BCUT2D eigenvalue weighted by molar-refractivity contribution is 4.68. The van der Waals surface area contributed by atoms with Crippen LogP contribution in [-0.2, 0) is 18.9 Å². The van der Waals surface area contributed by atoms with Crippen molar-refractivity contribution in [2.45, 2.75) is 12.2 Å². The molecule has 0 unspecified atom stereocenters. The van der Waals surface area contributed by atoms with E-state index in [1.165, 1.54) is 0 Å². The van der Waals surface area contributed by atoms with E-state index in [1.807, 2.05) is 0 Å². The molecule has 0 rings (SSSR count). The van der Waals surface area contributed by atoms with E-state index in [0.29, 0.717) is 13.2 Å². The zero-order valence-electron chi connectivity index (χ0n) is 8.20. The van der Waals surface area contributed by atoms with Crippen LogP contribution >= 0.6 is 0 Å². The Morgan fingerprint density at radius 1 is 0.750 bits per heavy atom. The smallest absolute Gasteiger partial charge is 0.109 e. The number of methoxy groups -OCH3 is 4. The third-order valence-corrected chi connectivity index (χ3v) is 1.68. The Kier molecular flexibility index (Phi) is 7.39. The monoisotopic (exact) mass is 178 g/mol. The van der Waals surface area contributed by atoms with E-state index in [9.17, 15) is 0 Å². The first-order valence-electron chi connectivity index (χ1n) is 3.83. The Morgan fingerprint density at radius 3 is 1.25 bits per heavy atom. The second kappa shape index (κ2) is 7.49. The van der Waals surface area contributed by atoms with Gasteiger partial charge >= 0.3 is 0 Å². The molecular formula is C8H18O4. The van der Waals surface area contributed by atoms with Crippen molar-refractivity contribution in [3.63, 3.8) is 0 Å². The summed E-state index contributed by atoms with van der Waals surface area (Å²) in [6, 6.07) is 0. The van der Waals surface area contributed by atoms with Crippen molar-refractivity contribution in [2.75, 3.05) is 41.7 Å². The molecule has 12 heavy (non-hydrogen) atoms. The summed E-state index contributed by atoms with van der Waals surface area (Å²) in [6.45, 7) is 1.02. The van der Waals surface area contributed by atoms with Crippen LogP contribution in [0, 0.1) is 0 Å². The molecule has 2 atom stereocenters. The molecular weight excluding hydrogens is 160 g/mol. The molecule has 0 amide bonds. The van der Waals surface area contributed by atoms with E-state index in [0.717, 1.165) is 0 Å². The molecule has 0 heterocycles. The Morgan fingerprint density at radius 2 is 1.08 bits per heavy atom. The van der Waals surface area contributed by atoms with Crippen molar-refractivity contribution in [2.24, 2.45) is 0 Å². The van der Waals surface area contributed by atoms with E-state index < -0.39 is 0 Å². The Balaban J connectivity index is 3.84. The van der Waals surface area contributed by atoms with Gasteiger partial charge in [-0.05, 0) is 0 Å². The van der Waals surface area contributed by atoms with Crippen molar-refractivity contribution < 1.29 is 18.9 Å². The molecule has 0 N–H and O–H groups in total. The average molecular weight is 178 g/mol. The van der Waals surface area contributed by atoms with Gasteiger partial charge in [-0.1, -0.05) is 0 Å². The summed E-state index contributed by atoms with van der Waals surface area (Å²) in [5.74, 6) is 0. The number of hydrogen-bond donors (Lipinski definition) is 0. The summed E-state index contributed by atoms with van der Waals surface area (Å²) in [5, 5.41) is 0. The van der Waals surface area contributed by atoms with Crippen molar-refractivity contribution in [1.82, 2.24) is 0 Å². The maximum atomic E-state index is 5.17. The molecule has 0 aliphatic rings. The molecule has 0 fully saturated rings. The van der Waals surface area contributed by atoms with Gasteiger partial charge in [0.1, 0.15) is 12.2 Å². The van der Waals surface area contributed by atoms with Gasteiger partial charge in [-0.3, -0.25) is 0 Å². The minimum atomic E-state index is -0.0695. The van der Waals surface area contributed by atoms with Crippen LogP contribution in [0.3, 0.4) is 0 Å². The summed E-state index contributed by atoms with van der Waals surface area (Å²) in [5.41, 5.74) is 0. The lowest BCUT2D eigenvalue weighted by atomic mass is 10.2. The third kappa shape index (κ3) is 4.01. The van der Waals surface area contributed by atoms with Gasteiger partial charge < -0.3 is 18.9 Å². The first-order chi connectivity index (χ1) is 5.79. The normalized spacial score (nSPS) is 16.0. The zero-order chi connectivity index (χ0) is 9.40. The van der Waals surface area contributed by atoms with Crippen LogP contribution in [0.2, 0.25) is 0 Å². The largest absolute Gasteiger partial charge is 0.382 e. The topological polar surface area (TPSA) is 36.9 Å². The van der Waals surface area contributed by atoms with E-state index in [2.05, 4.69) is 0 Å². The highest BCUT2D eigenvalue weighted by atomic mass is 16.6. The fourth-order valence-corrected chi connectivity index (χ4v) is 0.983. The number of hydrogen-bond acceptors (Lipinski definition) is 4. The predicted octanol–water partition coefficient (Wildman–Crippen LogP) is 0.309. The van der Waals surface area contributed by atoms with Gasteiger partial charge in [0.2, 0.25) is 0 Å². The lowest BCUT2D eigenvalue weighted by molar-refractivity contribution is -0.0912. The minimum absolute atomic E-state index is 0.0695. The minimum Gasteiger partial charge on any atom is -0.382 e.